The lowest BCUT2D eigenvalue weighted by Gasteiger charge is -2.10. The van der Waals surface area contributed by atoms with Crippen LogP contribution in [0.3, 0.4) is 0 Å². The van der Waals surface area contributed by atoms with Gasteiger partial charge in [0.1, 0.15) is 22.9 Å². The van der Waals surface area contributed by atoms with Crippen LogP contribution in [0.2, 0.25) is 0 Å². The van der Waals surface area contributed by atoms with Crippen LogP contribution in [-0.4, -0.2) is 30.0 Å². The van der Waals surface area contributed by atoms with Gasteiger partial charge >= 0.3 is 0 Å². The van der Waals surface area contributed by atoms with E-state index in [0.717, 1.165) is 24.3 Å². The normalized spacial score (nSPS) is 11.2. The van der Waals surface area contributed by atoms with Crippen LogP contribution in [0.5, 0.6) is 11.5 Å². The van der Waals surface area contributed by atoms with E-state index in [9.17, 15) is 9.59 Å². The lowest BCUT2D eigenvalue weighted by molar-refractivity contribution is 0.101. The van der Waals surface area contributed by atoms with Crippen molar-refractivity contribution in [3.8, 4) is 11.5 Å². The van der Waals surface area contributed by atoms with Crippen molar-refractivity contribution in [3.05, 3.63) is 76.5 Å². The molecule has 0 unspecified atom stereocenters. The van der Waals surface area contributed by atoms with Gasteiger partial charge in [-0.2, -0.15) is 0 Å². The van der Waals surface area contributed by atoms with Gasteiger partial charge in [-0.3, -0.25) is 9.59 Å². The molecule has 2 aromatic carbocycles. The molecule has 0 fully saturated rings. The molecule has 0 aliphatic rings. The number of amides is 2. The second kappa shape index (κ2) is 36.9. The highest BCUT2D eigenvalue weighted by Crippen LogP contribution is 2.22. The van der Waals surface area contributed by atoms with Gasteiger partial charge in [0, 0.05) is 15.8 Å². The molecule has 352 valence electrons. The number of aromatic nitrogens is 1. The maximum atomic E-state index is 13.2. The number of carbonyl (C=O) groups excluding carboxylic acids is 2. The van der Waals surface area contributed by atoms with E-state index in [1.807, 2.05) is 48.5 Å². The van der Waals surface area contributed by atoms with Gasteiger partial charge in [0.15, 0.2) is 0 Å². The number of carbonyl (C=O) groups is 2. The number of hydrogen-bond donors (Lipinski definition) is 2. The van der Waals surface area contributed by atoms with Crippen molar-refractivity contribution < 1.29 is 19.1 Å². The number of halogens is 1. The number of unbranched alkanes of at least 4 members (excludes halogenated alkanes) is 30. The average Bonchev–Trinajstić information content (AvgIpc) is 3.29. The van der Waals surface area contributed by atoms with E-state index >= 15 is 0 Å². The number of hydrogen-bond acceptors (Lipinski definition) is 5. The van der Waals surface area contributed by atoms with Crippen LogP contribution in [0.1, 0.15) is 240 Å². The van der Waals surface area contributed by atoms with Crippen LogP contribution in [0, 0.1) is 0 Å². The number of anilines is 2. The number of rotatable bonds is 40. The summed E-state index contributed by atoms with van der Waals surface area (Å²) >= 11 is 3.45. The van der Waals surface area contributed by atoms with Gasteiger partial charge in [-0.1, -0.05) is 222 Å². The highest BCUT2D eigenvalue weighted by molar-refractivity contribution is 9.10. The van der Waals surface area contributed by atoms with Crippen LogP contribution in [-0.2, 0) is 0 Å². The first-order valence-electron chi connectivity index (χ1n) is 25.7. The molecular weight excluding hydrogens is 847 g/mol. The number of nitrogens with zero attached hydrogens (tertiary/aromatic N) is 1. The third-order valence-corrected chi connectivity index (χ3v) is 12.5. The minimum absolute atomic E-state index is 0.135. The zero-order valence-electron chi connectivity index (χ0n) is 39.8. The lowest BCUT2D eigenvalue weighted by Crippen LogP contribution is -2.18. The lowest BCUT2D eigenvalue weighted by atomic mass is 10.0. The fourth-order valence-corrected chi connectivity index (χ4v) is 8.50. The van der Waals surface area contributed by atoms with Gasteiger partial charge in [0.05, 0.1) is 13.2 Å². The summed E-state index contributed by atoms with van der Waals surface area (Å²) in [6, 6.07) is 18.0. The molecule has 2 N–H and O–H groups in total. The second-order valence-electron chi connectivity index (χ2n) is 17.8. The number of nitrogens with one attached hydrogen (secondary N) is 2. The van der Waals surface area contributed by atoms with Crippen molar-refractivity contribution in [2.75, 3.05) is 23.8 Å². The summed E-state index contributed by atoms with van der Waals surface area (Å²) in [5.41, 5.74) is 1.52. The monoisotopic (exact) mass is 932 g/mol. The molecule has 63 heavy (non-hydrogen) atoms. The number of pyridine rings is 1. The Morgan fingerprint density at radius 2 is 0.667 bits per heavy atom. The Kier molecular flexibility index (Phi) is 31.6. The molecule has 8 heteroatoms. The minimum Gasteiger partial charge on any atom is -0.494 e. The summed E-state index contributed by atoms with van der Waals surface area (Å²) in [7, 11) is 0. The third-order valence-electron chi connectivity index (χ3n) is 12.0. The first-order chi connectivity index (χ1) is 31.0. The first-order valence-corrected chi connectivity index (χ1v) is 26.5. The Bertz CT molecular complexity index is 1470. The molecule has 7 nitrogen and oxygen atoms in total. The molecule has 0 aliphatic heterocycles. The van der Waals surface area contributed by atoms with Crippen LogP contribution in [0.15, 0.2) is 65.1 Å². The van der Waals surface area contributed by atoms with Gasteiger partial charge in [-0.15, -0.1) is 0 Å². The Morgan fingerprint density at radius 3 is 0.937 bits per heavy atom. The van der Waals surface area contributed by atoms with Crippen molar-refractivity contribution >= 4 is 39.1 Å². The molecule has 3 aromatic rings. The van der Waals surface area contributed by atoms with Crippen LogP contribution in [0.4, 0.5) is 11.4 Å². The van der Waals surface area contributed by atoms with Gasteiger partial charge in [-0.05, 0) is 73.5 Å². The van der Waals surface area contributed by atoms with Crippen LogP contribution >= 0.6 is 15.9 Å². The third kappa shape index (κ3) is 27.5. The standard InChI is InChI=1S/C55H86BrN3O4/c1-3-5-7-9-11-13-15-17-19-21-23-25-27-29-31-33-43-62-50-39-35-48(36-40-50)57-54(60)52-45-47(56)46-53(59-52)55(61)58-49-37-41-51(42-38-49)63-44-34-32-30-28-26-24-22-20-18-16-14-12-10-8-6-4-2/h35-42,45-46H,3-34,43-44H2,1-2H3,(H,57,60)(H,58,61). The van der Waals surface area contributed by atoms with Crippen LogP contribution < -0.4 is 20.1 Å². The Morgan fingerprint density at radius 1 is 0.413 bits per heavy atom. The van der Waals surface area contributed by atoms with E-state index in [1.165, 1.54) is 193 Å². The molecule has 2 amide bonds. The fourth-order valence-electron chi connectivity index (χ4n) is 8.07. The minimum atomic E-state index is -0.405. The van der Waals surface area contributed by atoms with Crippen molar-refractivity contribution in [3.63, 3.8) is 0 Å². The highest BCUT2D eigenvalue weighted by Gasteiger charge is 2.15. The number of benzene rings is 2. The van der Waals surface area contributed by atoms with E-state index < -0.39 is 11.8 Å². The topological polar surface area (TPSA) is 89.5 Å². The molecule has 3 rings (SSSR count). The van der Waals surface area contributed by atoms with Crippen LogP contribution in [0.25, 0.3) is 0 Å². The zero-order valence-corrected chi connectivity index (χ0v) is 41.4. The Balaban J connectivity index is 1.22. The van der Waals surface area contributed by atoms with E-state index in [4.69, 9.17) is 9.47 Å². The molecule has 0 bridgehead atoms. The molecule has 0 atom stereocenters. The van der Waals surface area contributed by atoms with Gasteiger partial charge < -0.3 is 20.1 Å². The predicted molar refractivity (Wildman–Crippen MR) is 271 cm³/mol. The Hall–Kier alpha value is -3.39. The summed E-state index contributed by atoms with van der Waals surface area (Å²) in [6.07, 6.45) is 43.2. The summed E-state index contributed by atoms with van der Waals surface area (Å²) in [6.45, 7) is 5.94. The van der Waals surface area contributed by atoms with E-state index in [1.54, 1.807) is 12.1 Å². The zero-order chi connectivity index (χ0) is 44.8. The SMILES string of the molecule is CCCCCCCCCCCCCCCCCCOc1ccc(NC(=O)c2cc(Br)cc(C(=O)Nc3ccc(OCCCCCCCCCCCCCCCCCC)cc3)n2)cc1. The van der Waals surface area contributed by atoms with E-state index in [-0.39, 0.29) is 11.4 Å². The molecule has 0 saturated carbocycles. The second-order valence-corrected chi connectivity index (χ2v) is 18.7. The van der Waals surface area contributed by atoms with E-state index in [2.05, 4.69) is 45.4 Å². The maximum Gasteiger partial charge on any atom is 0.274 e. The molecule has 1 heterocycles. The average molecular weight is 933 g/mol. The Labute approximate surface area is 392 Å². The number of ether oxygens (including phenoxy) is 2. The summed E-state index contributed by atoms with van der Waals surface area (Å²) < 4.78 is 12.5. The van der Waals surface area contributed by atoms with Crippen molar-refractivity contribution in [2.24, 2.45) is 0 Å². The van der Waals surface area contributed by atoms with Gasteiger partial charge in [0.2, 0.25) is 0 Å². The predicted octanol–water partition coefficient (Wildman–Crippen LogP) is 17.6. The molecule has 0 radical (unpaired) electrons. The quantitative estimate of drug-likeness (QED) is 0.0555. The fraction of sp³-hybridized carbons (Fsp3) is 0.655. The van der Waals surface area contributed by atoms with E-state index in [0.29, 0.717) is 29.1 Å². The molecular formula is C55H86BrN3O4. The largest absolute Gasteiger partial charge is 0.494 e. The summed E-state index contributed by atoms with van der Waals surface area (Å²) in [5, 5.41) is 5.77. The highest BCUT2D eigenvalue weighted by atomic mass is 79.9. The maximum absolute atomic E-state index is 13.2. The van der Waals surface area contributed by atoms with Gasteiger partial charge in [0.25, 0.3) is 11.8 Å². The van der Waals surface area contributed by atoms with Gasteiger partial charge in [-0.25, -0.2) is 4.98 Å². The van der Waals surface area contributed by atoms with Crippen molar-refractivity contribution in [1.29, 1.82) is 0 Å². The first kappa shape index (κ1) is 53.9. The summed E-state index contributed by atoms with van der Waals surface area (Å²) in [4.78, 5) is 30.7. The molecule has 0 aliphatic carbocycles. The molecule has 0 spiro atoms. The smallest absolute Gasteiger partial charge is 0.274 e. The molecule has 0 saturated heterocycles. The van der Waals surface area contributed by atoms with Crippen molar-refractivity contribution in [1.82, 2.24) is 4.98 Å². The van der Waals surface area contributed by atoms with Crippen molar-refractivity contribution in [2.45, 2.75) is 219 Å². The summed E-state index contributed by atoms with van der Waals surface area (Å²) in [5.74, 6) is 0.753. The molecule has 1 aromatic heterocycles.